The first-order valence-corrected chi connectivity index (χ1v) is 6.35. The number of hydrogen-bond donors (Lipinski definition) is 1. The minimum atomic E-state index is -0.502. The standard InChI is InChI=1S/C11H8N6O2S/c12-8-5-4-7(17(18)19)10(13-8)20-11-15-14-9-3-1-2-6-16(9)11/h1-6H,(H2,12,13). The molecule has 0 saturated carbocycles. The molecule has 9 heteroatoms. The van der Waals surface area contributed by atoms with E-state index in [1.165, 1.54) is 12.1 Å². The molecule has 0 aliphatic carbocycles. The van der Waals surface area contributed by atoms with Crippen LogP contribution in [-0.2, 0) is 0 Å². The minimum absolute atomic E-state index is 0.114. The fourth-order valence-corrected chi connectivity index (χ4v) is 2.54. The molecule has 100 valence electrons. The Balaban J connectivity index is 2.07. The zero-order chi connectivity index (χ0) is 14.1. The van der Waals surface area contributed by atoms with Crippen molar-refractivity contribution in [2.45, 2.75) is 10.2 Å². The van der Waals surface area contributed by atoms with Crippen molar-refractivity contribution in [3.63, 3.8) is 0 Å². The molecule has 0 unspecified atom stereocenters. The molecule has 0 amide bonds. The largest absolute Gasteiger partial charge is 0.384 e. The topological polar surface area (TPSA) is 112 Å². The van der Waals surface area contributed by atoms with E-state index < -0.39 is 4.92 Å². The maximum Gasteiger partial charge on any atom is 0.301 e. The number of nitro groups is 1. The van der Waals surface area contributed by atoms with Crippen LogP contribution in [0.1, 0.15) is 0 Å². The van der Waals surface area contributed by atoms with E-state index in [2.05, 4.69) is 15.2 Å². The lowest BCUT2D eigenvalue weighted by Gasteiger charge is -2.01. The van der Waals surface area contributed by atoms with E-state index in [0.29, 0.717) is 10.8 Å². The van der Waals surface area contributed by atoms with Crippen LogP contribution in [0.15, 0.2) is 46.7 Å². The number of nitrogen functional groups attached to an aromatic ring is 1. The summed E-state index contributed by atoms with van der Waals surface area (Å²) in [5.74, 6) is 0.215. The second kappa shape index (κ2) is 4.78. The second-order valence-electron chi connectivity index (χ2n) is 3.83. The lowest BCUT2D eigenvalue weighted by Crippen LogP contribution is -1.98. The van der Waals surface area contributed by atoms with Crippen LogP contribution in [0.3, 0.4) is 0 Å². The number of anilines is 1. The molecule has 3 rings (SSSR count). The molecular weight excluding hydrogens is 280 g/mol. The molecule has 2 N–H and O–H groups in total. The summed E-state index contributed by atoms with van der Waals surface area (Å²) in [6, 6.07) is 8.16. The number of hydrogen-bond acceptors (Lipinski definition) is 7. The van der Waals surface area contributed by atoms with Gasteiger partial charge in [-0.25, -0.2) is 4.98 Å². The van der Waals surface area contributed by atoms with Crippen LogP contribution >= 0.6 is 11.8 Å². The van der Waals surface area contributed by atoms with Gasteiger partial charge in [0.15, 0.2) is 10.7 Å². The van der Waals surface area contributed by atoms with Gasteiger partial charge in [0.25, 0.3) is 0 Å². The molecule has 0 bridgehead atoms. The highest BCUT2D eigenvalue weighted by atomic mass is 32.2. The van der Waals surface area contributed by atoms with Gasteiger partial charge in [0.05, 0.1) is 4.92 Å². The van der Waals surface area contributed by atoms with Crippen LogP contribution < -0.4 is 5.73 Å². The first-order valence-electron chi connectivity index (χ1n) is 5.53. The zero-order valence-corrected chi connectivity index (χ0v) is 10.8. The minimum Gasteiger partial charge on any atom is -0.384 e. The molecule has 20 heavy (non-hydrogen) atoms. The van der Waals surface area contributed by atoms with E-state index >= 15 is 0 Å². The molecular formula is C11H8N6O2S. The highest BCUT2D eigenvalue weighted by Gasteiger charge is 2.19. The van der Waals surface area contributed by atoms with Crippen molar-refractivity contribution >= 4 is 28.9 Å². The van der Waals surface area contributed by atoms with E-state index in [1.54, 1.807) is 16.7 Å². The summed E-state index contributed by atoms with van der Waals surface area (Å²) in [7, 11) is 0. The molecule has 0 radical (unpaired) electrons. The number of nitrogens with two attached hydrogens (primary N) is 1. The highest BCUT2D eigenvalue weighted by molar-refractivity contribution is 7.99. The summed E-state index contributed by atoms with van der Waals surface area (Å²) in [5.41, 5.74) is 6.12. The van der Waals surface area contributed by atoms with Gasteiger partial charge in [-0.2, -0.15) is 0 Å². The fourth-order valence-electron chi connectivity index (χ4n) is 1.64. The number of pyridine rings is 2. The van der Waals surface area contributed by atoms with Crippen molar-refractivity contribution in [3.8, 4) is 0 Å². The van der Waals surface area contributed by atoms with Gasteiger partial charge in [-0.3, -0.25) is 14.5 Å². The first-order chi connectivity index (χ1) is 9.65. The Morgan fingerprint density at radius 1 is 1.25 bits per heavy atom. The lowest BCUT2D eigenvalue weighted by atomic mass is 10.4. The van der Waals surface area contributed by atoms with Gasteiger partial charge in [0.2, 0.25) is 5.16 Å². The molecule has 3 aromatic rings. The number of rotatable bonds is 3. The van der Waals surface area contributed by atoms with Gasteiger partial charge >= 0.3 is 5.69 Å². The Labute approximate surface area is 116 Å². The van der Waals surface area contributed by atoms with E-state index in [4.69, 9.17) is 5.73 Å². The smallest absolute Gasteiger partial charge is 0.301 e. The molecule has 0 atom stereocenters. The molecule has 3 aromatic heterocycles. The van der Waals surface area contributed by atoms with E-state index in [1.807, 2.05) is 12.1 Å². The van der Waals surface area contributed by atoms with Crippen molar-refractivity contribution < 1.29 is 4.92 Å². The van der Waals surface area contributed by atoms with E-state index in [-0.39, 0.29) is 16.5 Å². The molecule has 8 nitrogen and oxygen atoms in total. The Hall–Kier alpha value is -2.68. The van der Waals surface area contributed by atoms with E-state index in [0.717, 1.165) is 11.8 Å². The normalized spacial score (nSPS) is 10.8. The molecule has 0 spiro atoms. The van der Waals surface area contributed by atoms with Gasteiger partial charge in [0, 0.05) is 12.3 Å². The molecule has 0 fully saturated rings. The predicted octanol–water partition coefficient (Wildman–Crippen LogP) is 1.77. The van der Waals surface area contributed by atoms with Crippen LogP contribution in [0, 0.1) is 10.1 Å². The van der Waals surface area contributed by atoms with Crippen LogP contribution in [0.25, 0.3) is 5.65 Å². The third-order valence-corrected chi connectivity index (χ3v) is 3.48. The summed E-state index contributed by atoms with van der Waals surface area (Å²) in [4.78, 5) is 14.5. The summed E-state index contributed by atoms with van der Waals surface area (Å²) in [5, 5.41) is 19.6. The summed E-state index contributed by atoms with van der Waals surface area (Å²) >= 11 is 1.05. The molecule has 3 heterocycles. The summed E-state index contributed by atoms with van der Waals surface area (Å²) in [6.45, 7) is 0. The SMILES string of the molecule is Nc1ccc([N+](=O)[O-])c(Sc2nnc3ccccn23)n1. The van der Waals surface area contributed by atoms with Gasteiger partial charge in [-0.15, -0.1) is 10.2 Å². The number of fused-ring (bicyclic) bond motifs is 1. The average Bonchev–Trinajstić information content (AvgIpc) is 2.82. The Morgan fingerprint density at radius 2 is 2.10 bits per heavy atom. The van der Waals surface area contributed by atoms with Crippen molar-refractivity contribution in [1.29, 1.82) is 0 Å². The quantitative estimate of drug-likeness (QED) is 0.577. The second-order valence-corrected chi connectivity index (χ2v) is 4.79. The number of nitrogens with zero attached hydrogens (tertiary/aromatic N) is 5. The van der Waals surface area contributed by atoms with Crippen LogP contribution in [0.5, 0.6) is 0 Å². The monoisotopic (exact) mass is 288 g/mol. The third kappa shape index (κ3) is 2.14. The molecule has 0 aliphatic heterocycles. The molecule has 0 aromatic carbocycles. The predicted molar refractivity (Wildman–Crippen MR) is 72.4 cm³/mol. The number of aromatic nitrogens is 4. The van der Waals surface area contributed by atoms with Gasteiger partial charge < -0.3 is 5.73 Å². The summed E-state index contributed by atoms with van der Waals surface area (Å²) in [6.07, 6.45) is 1.77. The molecule has 0 saturated heterocycles. The summed E-state index contributed by atoms with van der Waals surface area (Å²) < 4.78 is 1.72. The van der Waals surface area contributed by atoms with Crippen LogP contribution in [0.4, 0.5) is 11.5 Å². The highest BCUT2D eigenvalue weighted by Crippen LogP contribution is 2.32. The van der Waals surface area contributed by atoms with Crippen molar-refractivity contribution in [3.05, 3.63) is 46.6 Å². The van der Waals surface area contributed by atoms with E-state index in [9.17, 15) is 10.1 Å². The van der Waals surface area contributed by atoms with Crippen molar-refractivity contribution in [2.75, 3.05) is 5.73 Å². The first kappa shape index (κ1) is 12.4. The Morgan fingerprint density at radius 3 is 2.90 bits per heavy atom. The Bertz CT molecular complexity index is 802. The average molecular weight is 288 g/mol. The van der Waals surface area contributed by atoms with Crippen LogP contribution in [0.2, 0.25) is 0 Å². The van der Waals surface area contributed by atoms with Gasteiger partial charge in [-0.05, 0) is 30.0 Å². The maximum atomic E-state index is 11.0. The van der Waals surface area contributed by atoms with Gasteiger partial charge in [0.1, 0.15) is 5.82 Å². The van der Waals surface area contributed by atoms with Crippen molar-refractivity contribution in [2.24, 2.45) is 0 Å². The lowest BCUT2D eigenvalue weighted by molar-refractivity contribution is -0.388. The van der Waals surface area contributed by atoms with Crippen molar-refractivity contribution in [1.82, 2.24) is 19.6 Å². The fraction of sp³-hybridized carbons (Fsp3) is 0. The third-order valence-electron chi connectivity index (χ3n) is 2.53. The molecule has 0 aliphatic rings. The Kier molecular flexibility index (Phi) is 2.95. The van der Waals surface area contributed by atoms with Crippen LogP contribution in [-0.4, -0.2) is 24.5 Å². The van der Waals surface area contributed by atoms with Gasteiger partial charge in [-0.1, -0.05) is 6.07 Å². The zero-order valence-electron chi connectivity index (χ0n) is 10.0. The maximum absolute atomic E-state index is 11.0.